The number of rotatable bonds is 4. The molecule has 0 aromatic heterocycles. The number of hydrogen-bond donors (Lipinski definition) is 2. The topological polar surface area (TPSA) is 39.7 Å². The highest BCUT2D eigenvalue weighted by Crippen LogP contribution is 2.14. The maximum absolute atomic E-state index is 4.64. The zero-order chi connectivity index (χ0) is 12.0. The molecule has 1 fully saturated rings. The summed E-state index contributed by atoms with van der Waals surface area (Å²) in [4.78, 5) is 7.02. The minimum absolute atomic E-state index is 0. The van der Waals surface area contributed by atoms with E-state index in [1.165, 1.54) is 19.5 Å². The molecule has 1 heterocycles. The van der Waals surface area contributed by atoms with Gasteiger partial charge in [0.1, 0.15) is 0 Å². The van der Waals surface area contributed by atoms with E-state index >= 15 is 0 Å². The second-order valence-electron chi connectivity index (χ2n) is 4.94. The predicted molar refractivity (Wildman–Crippen MR) is 85.3 cm³/mol. The minimum Gasteiger partial charge on any atom is -0.357 e. The van der Waals surface area contributed by atoms with Crippen molar-refractivity contribution < 1.29 is 0 Å². The van der Waals surface area contributed by atoms with E-state index in [0.29, 0.717) is 6.04 Å². The van der Waals surface area contributed by atoms with E-state index < -0.39 is 0 Å². The third-order valence-electron chi connectivity index (χ3n) is 2.77. The first-order valence-electron chi connectivity index (χ1n) is 6.35. The molecule has 102 valence electrons. The Hall–Kier alpha value is -0.0400. The normalized spacial score (nSPS) is 21.5. The van der Waals surface area contributed by atoms with E-state index in [1.807, 2.05) is 0 Å². The summed E-state index contributed by atoms with van der Waals surface area (Å²) in [5.74, 6) is 1.68. The zero-order valence-corrected chi connectivity index (χ0v) is 13.8. The van der Waals surface area contributed by atoms with Crippen LogP contribution in [-0.2, 0) is 0 Å². The van der Waals surface area contributed by atoms with E-state index in [-0.39, 0.29) is 24.0 Å². The van der Waals surface area contributed by atoms with Crippen LogP contribution in [0.3, 0.4) is 0 Å². The molecule has 4 nitrogen and oxygen atoms in total. The van der Waals surface area contributed by atoms with Crippen LogP contribution in [0.15, 0.2) is 4.99 Å². The first-order chi connectivity index (χ1) is 7.61. The van der Waals surface area contributed by atoms with Gasteiger partial charge in [-0.2, -0.15) is 0 Å². The van der Waals surface area contributed by atoms with Crippen LogP contribution >= 0.6 is 24.0 Å². The maximum atomic E-state index is 4.64. The molecule has 1 saturated heterocycles. The zero-order valence-electron chi connectivity index (χ0n) is 11.5. The Balaban J connectivity index is 0.00000256. The summed E-state index contributed by atoms with van der Waals surface area (Å²) < 4.78 is 0. The van der Waals surface area contributed by atoms with Gasteiger partial charge in [0.25, 0.3) is 0 Å². The molecular weight excluding hydrogens is 327 g/mol. The van der Waals surface area contributed by atoms with E-state index in [4.69, 9.17) is 0 Å². The fourth-order valence-corrected chi connectivity index (χ4v) is 1.99. The molecule has 1 unspecified atom stereocenters. The minimum atomic E-state index is 0. The summed E-state index contributed by atoms with van der Waals surface area (Å²) in [6.07, 6.45) is 1.28. The lowest BCUT2D eigenvalue weighted by Gasteiger charge is -2.15. The summed E-state index contributed by atoms with van der Waals surface area (Å²) in [6, 6.07) is 0.434. The lowest BCUT2D eigenvalue weighted by molar-refractivity contribution is 0.397. The Morgan fingerprint density at radius 3 is 2.65 bits per heavy atom. The summed E-state index contributed by atoms with van der Waals surface area (Å²) in [5, 5.41) is 6.62. The van der Waals surface area contributed by atoms with Crippen LogP contribution in [0, 0.1) is 5.92 Å². The third-order valence-corrected chi connectivity index (χ3v) is 2.77. The lowest BCUT2D eigenvalue weighted by Crippen LogP contribution is -2.41. The summed E-state index contributed by atoms with van der Waals surface area (Å²) in [6.45, 7) is 10.6. The standard InChI is InChI=1S/C12H26N4.HI/c1-5-13-12(15-10(2)3)14-8-11-6-7-16(4)9-11;/h10-11H,5-9H2,1-4H3,(H2,13,14,15);1H. The van der Waals surface area contributed by atoms with Crippen LogP contribution in [0.5, 0.6) is 0 Å². The van der Waals surface area contributed by atoms with Gasteiger partial charge in [-0.15, -0.1) is 24.0 Å². The molecule has 1 aliphatic rings. The maximum Gasteiger partial charge on any atom is 0.191 e. The largest absolute Gasteiger partial charge is 0.357 e. The van der Waals surface area contributed by atoms with Gasteiger partial charge >= 0.3 is 0 Å². The van der Waals surface area contributed by atoms with Gasteiger partial charge in [0.2, 0.25) is 0 Å². The third kappa shape index (κ3) is 7.08. The highest BCUT2D eigenvalue weighted by Gasteiger charge is 2.18. The van der Waals surface area contributed by atoms with Crippen LogP contribution in [0.2, 0.25) is 0 Å². The first-order valence-corrected chi connectivity index (χ1v) is 6.35. The number of nitrogens with zero attached hydrogens (tertiary/aromatic N) is 2. The van der Waals surface area contributed by atoms with Crippen LogP contribution in [0.4, 0.5) is 0 Å². The molecule has 0 aromatic carbocycles. The summed E-state index contributed by atoms with van der Waals surface area (Å²) in [5.41, 5.74) is 0. The smallest absolute Gasteiger partial charge is 0.191 e. The van der Waals surface area contributed by atoms with E-state index in [1.54, 1.807) is 0 Å². The quantitative estimate of drug-likeness (QED) is 0.457. The van der Waals surface area contributed by atoms with Gasteiger partial charge in [0, 0.05) is 25.7 Å². The van der Waals surface area contributed by atoms with Gasteiger partial charge in [-0.1, -0.05) is 0 Å². The van der Waals surface area contributed by atoms with Crippen molar-refractivity contribution in [2.45, 2.75) is 33.2 Å². The fraction of sp³-hybridized carbons (Fsp3) is 0.917. The second-order valence-corrected chi connectivity index (χ2v) is 4.94. The molecule has 0 bridgehead atoms. The average molecular weight is 354 g/mol. The molecule has 0 aliphatic carbocycles. The highest BCUT2D eigenvalue weighted by atomic mass is 127. The molecule has 17 heavy (non-hydrogen) atoms. The monoisotopic (exact) mass is 354 g/mol. The van der Waals surface area contributed by atoms with Crippen molar-refractivity contribution in [2.24, 2.45) is 10.9 Å². The number of hydrogen-bond acceptors (Lipinski definition) is 2. The summed E-state index contributed by atoms with van der Waals surface area (Å²) in [7, 11) is 2.18. The van der Waals surface area contributed by atoms with Gasteiger partial charge in [0.15, 0.2) is 5.96 Å². The Morgan fingerprint density at radius 2 is 2.18 bits per heavy atom. The Labute approximate surface area is 123 Å². The SMILES string of the molecule is CCNC(=NCC1CCN(C)C1)NC(C)C.I. The molecule has 1 aliphatic heterocycles. The highest BCUT2D eigenvalue weighted by molar-refractivity contribution is 14.0. The molecule has 0 saturated carbocycles. The Bertz CT molecular complexity index is 231. The van der Waals surface area contributed by atoms with Gasteiger partial charge < -0.3 is 15.5 Å². The number of likely N-dealkylation sites (tertiary alicyclic amines) is 1. The average Bonchev–Trinajstić information content (AvgIpc) is 2.60. The Morgan fingerprint density at radius 1 is 1.47 bits per heavy atom. The van der Waals surface area contributed by atoms with Gasteiger partial charge in [0.05, 0.1) is 0 Å². The van der Waals surface area contributed by atoms with Crippen molar-refractivity contribution in [3.05, 3.63) is 0 Å². The predicted octanol–water partition coefficient (Wildman–Crippen LogP) is 1.52. The molecule has 0 spiro atoms. The first kappa shape index (κ1) is 17.0. The molecule has 0 amide bonds. The number of halogens is 1. The second kappa shape index (κ2) is 8.97. The molecular formula is C12H27IN4. The fourth-order valence-electron chi connectivity index (χ4n) is 1.99. The molecule has 0 radical (unpaired) electrons. The number of aliphatic imine (C=N–C) groups is 1. The van der Waals surface area contributed by atoms with Gasteiger partial charge in [-0.05, 0) is 46.7 Å². The molecule has 1 atom stereocenters. The van der Waals surface area contributed by atoms with Crippen molar-refractivity contribution >= 4 is 29.9 Å². The van der Waals surface area contributed by atoms with Crippen molar-refractivity contribution in [3.63, 3.8) is 0 Å². The van der Waals surface area contributed by atoms with Crippen LogP contribution in [0.1, 0.15) is 27.2 Å². The number of nitrogens with one attached hydrogen (secondary N) is 2. The number of guanidine groups is 1. The molecule has 2 N–H and O–H groups in total. The molecule has 0 aromatic rings. The van der Waals surface area contributed by atoms with Crippen LogP contribution in [0.25, 0.3) is 0 Å². The Kier molecular flexibility index (Phi) is 8.94. The van der Waals surface area contributed by atoms with Crippen molar-refractivity contribution in [1.29, 1.82) is 0 Å². The van der Waals surface area contributed by atoms with Crippen molar-refractivity contribution in [1.82, 2.24) is 15.5 Å². The van der Waals surface area contributed by atoms with E-state index in [9.17, 15) is 0 Å². The van der Waals surface area contributed by atoms with E-state index in [0.717, 1.165) is 25.0 Å². The van der Waals surface area contributed by atoms with Crippen molar-refractivity contribution in [2.75, 3.05) is 33.2 Å². The van der Waals surface area contributed by atoms with Crippen LogP contribution in [-0.4, -0.2) is 50.1 Å². The van der Waals surface area contributed by atoms with Gasteiger partial charge in [-0.3, -0.25) is 4.99 Å². The van der Waals surface area contributed by atoms with Crippen LogP contribution < -0.4 is 10.6 Å². The van der Waals surface area contributed by atoms with Crippen molar-refractivity contribution in [3.8, 4) is 0 Å². The lowest BCUT2D eigenvalue weighted by atomic mass is 10.1. The van der Waals surface area contributed by atoms with E-state index in [2.05, 4.69) is 48.3 Å². The van der Waals surface area contributed by atoms with Gasteiger partial charge in [-0.25, -0.2) is 0 Å². The molecule has 5 heteroatoms. The molecule has 1 rings (SSSR count). The summed E-state index contributed by atoms with van der Waals surface area (Å²) >= 11 is 0.